The first kappa shape index (κ1) is 12.8. The van der Waals surface area contributed by atoms with Crippen LogP contribution in [0.15, 0.2) is 18.3 Å². The van der Waals surface area contributed by atoms with Crippen LogP contribution in [0.1, 0.15) is 17.4 Å². The van der Waals surface area contributed by atoms with E-state index in [4.69, 9.17) is 11.5 Å². The van der Waals surface area contributed by atoms with E-state index in [1.54, 1.807) is 12.3 Å². The third-order valence-electron chi connectivity index (χ3n) is 2.37. The number of carboxylic acid groups (broad SMARTS) is 1. The summed E-state index contributed by atoms with van der Waals surface area (Å²) in [5, 5.41) is 8.89. The Morgan fingerprint density at radius 3 is 2.82 bits per heavy atom. The Morgan fingerprint density at radius 2 is 2.29 bits per heavy atom. The molecular formula is C12H14N2O3. The van der Waals surface area contributed by atoms with Gasteiger partial charge in [0.1, 0.15) is 12.2 Å². The van der Waals surface area contributed by atoms with Crippen LogP contribution in [0.4, 0.5) is 0 Å². The van der Waals surface area contributed by atoms with Gasteiger partial charge in [-0.15, -0.1) is 6.42 Å². The molecule has 1 heterocycles. The summed E-state index contributed by atoms with van der Waals surface area (Å²) < 4.78 is 1.39. The van der Waals surface area contributed by atoms with Crippen molar-refractivity contribution in [2.45, 2.75) is 13.5 Å². The van der Waals surface area contributed by atoms with E-state index in [9.17, 15) is 9.59 Å². The van der Waals surface area contributed by atoms with Crippen molar-refractivity contribution in [2.75, 3.05) is 13.1 Å². The summed E-state index contributed by atoms with van der Waals surface area (Å²) in [7, 11) is 0. The second-order valence-corrected chi connectivity index (χ2v) is 3.44. The molecule has 0 aliphatic rings. The van der Waals surface area contributed by atoms with E-state index in [0.29, 0.717) is 6.54 Å². The first-order chi connectivity index (χ1) is 8.10. The van der Waals surface area contributed by atoms with Gasteiger partial charge in [0.05, 0.1) is 6.54 Å². The molecule has 1 amide bonds. The monoisotopic (exact) mass is 234 g/mol. The van der Waals surface area contributed by atoms with Gasteiger partial charge in [-0.2, -0.15) is 0 Å². The molecule has 0 radical (unpaired) electrons. The van der Waals surface area contributed by atoms with Crippen molar-refractivity contribution in [3.8, 4) is 12.3 Å². The fraction of sp³-hybridized carbons (Fsp3) is 0.333. The van der Waals surface area contributed by atoms with Gasteiger partial charge < -0.3 is 14.6 Å². The van der Waals surface area contributed by atoms with Crippen LogP contribution in [0.2, 0.25) is 0 Å². The van der Waals surface area contributed by atoms with Crippen LogP contribution < -0.4 is 0 Å². The number of rotatable bonds is 5. The number of likely N-dealkylation sites (N-methyl/N-ethyl adjacent to an activating group) is 1. The van der Waals surface area contributed by atoms with Gasteiger partial charge in [-0.05, 0) is 19.1 Å². The number of hydrogen-bond donors (Lipinski definition) is 1. The van der Waals surface area contributed by atoms with Crippen LogP contribution in [0.25, 0.3) is 0 Å². The van der Waals surface area contributed by atoms with E-state index < -0.39 is 5.97 Å². The van der Waals surface area contributed by atoms with Crippen molar-refractivity contribution >= 4 is 11.9 Å². The summed E-state index contributed by atoms with van der Waals surface area (Å²) in [6.07, 6.45) is 6.71. The average molecular weight is 234 g/mol. The number of nitrogens with zero attached hydrogens (tertiary/aromatic N) is 2. The van der Waals surface area contributed by atoms with Crippen molar-refractivity contribution in [3.63, 3.8) is 0 Å². The Morgan fingerprint density at radius 1 is 1.59 bits per heavy atom. The summed E-state index contributed by atoms with van der Waals surface area (Å²) in [6, 6.07) is 3.04. The molecule has 1 N–H and O–H groups in total. The van der Waals surface area contributed by atoms with E-state index in [2.05, 4.69) is 5.92 Å². The molecule has 1 rings (SSSR count). The van der Waals surface area contributed by atoms with Crippen molar-refractivity contribution in [1.29, 1.82) is 0 Å². The topological polar surface area (TPSA) is 62.5 Å². The standard InChI is InChI=1S/C12H14N2O3/c1-3-7-13(4-2)11(15)9-14-8-5-6-10(14)12(16)17/h1,5-6,8H,4,7,9H2,2H3,(H,16,17). The van der Waals surface area contributed by atoms with Crippen LogP contribution in [-0.4, -0.2) is 39.5 Å². The zero-order valence-electron chi connectivity index (χ0n) is 9.59. The highest BCUT2D eigenvalue weighted by atomic mass is 16.4. The molecule has 90 valence electrons. The molecule has 0 atom stereocenters. The maximum Gasteiger partial charge on any atom is 0.352 e. The van der Waals surface area contributed by atoms with Gasteiger partial charge in [0.25, 0.3) is 0 Å². The number of amides is 1. The molecule has 1 aromatic heterocycles. The number of terminal acetylenes is 1. The van der Waals surface area contributed by atoms with Crippen molar-refractivity contribution in [3.05, 3.63) is 24.0 Å². The minimum Gasteiger partial charge on any atom is -0.477 e. The lowest BCUT2D eigenvalue weighted by Gasteiger charge is -2.18. The Kier molecular flexibility index (Phi) is 4.35. The quantitative estimate of drug-likeness (QED) is 0.761. The normalized spacial score (nSPS) is 9.65. The lowest BCUT2D eigenvalue weighted by molar-refractivity contribution is -0.131. The summed E-state index contributed by atoms with van der Waals surface area (Å²) in [6.45, 7) is 2.55. The van der Waals surface area contributed by atoms with E-state index in [1.165, 1.54) is 15.5 Å². The van der Waals surface area contributed by atoms with Gasteiger partial charge in [-0.1, -0.05) is 5.92 Å². The molecule has 0 aliphatic carbocycles. The number of carboxylic acids is 1. The molecule has 0 saturated carbocycles. The smallest absolute Gasteiger partial charge is 0.352 e. The molecule has 1 aromatic rings. The summed E-state index contributed by atoms with van der Waals surface area (Å²) in [4.78, 5) is 24.2. The van der Waals surface area contributed by atoms with Crippen LogP contribution in [-0.2, 0) is 11.3 Å². The van der Waals surface area contributed by atoms with Crippen LogP contribution >= 0.6 is 0 Å². The third-order valence-corrected chi connectivity index (χ3v) is 2.37. The predicted octanol–water partition coefficient (Wildman–Crippen LogP) is 0.668. The Balaban J connectivity index is 2.77. The first-order valence-electron chi connectivity index (χ1n) is 5.19. The second-order valence-electron chi connectivity index (χ2n) is 3.44. The molecular weight excluding hydrogens is 220 g/mol. The van der Waals surface area contributed by atoms with E-state index in [-0.39, 0.29) is 24.7 Å². The van der Waals surface area contributed by atoms with Crippen molar-refractivity contribution < 1.29 is 14.7 Å². The fourth-order valence-electron chi connectivity index (χ4n) is 1.48. The van der Waals surface area contributed by atoms with E-state index >= 15 is 0 Å². The van der Waals surface area contributed by atoms with Gasteiger partial charge in [-0.25, -0.2) is 4.79 Å². The summed E-state index contributed by atoms with van der Waals surface area (Å²) >= 11 is 0. The zero-order valence-corrected chi connectivity index (χ0v) is 9.59. The average Bonchev–Trinajstić information content (AvgIpc) is 2.73. The van der Waals surface area contributed by atoms with Gasteiger partial charge >= 0.3 is 5.97 Å². The highest BCUT2D eigenvalue weighted by Crippen LogP contribution is 2.03. The number of aromatic carboxylic acids is 1. The molecule has 0 bridgehead atoms. The summed E-state index contributed by atoms with van der Waals surface area (Å²) in [5.74, 6) is 1.15. The van der Waals surface area contributed by atoms with Crippen LogP contribution in [0, 0.1) is 12.3 Å². The molecule has 0 saturated heterocycles. The van der Waals surface area contributed by atoms with Crippen molar-refractivity contribution in [2.24, 2.45) is 0 Å². The van der Waals surface area contributed by atoms with E-state index in [1.807, 2.05) is 6.92 Å². The molecule has 0 aliphatic heterocycles. The predicted molar refractivity (Wildman–Crippen MR) is 62.5 cm³/mol. The highest BCUT2D eigenvalue weighted by Gasteiger charge is 2.15. The summed E-state index contributed by atoms with van der Waals surface area (Å²) in [5.41, 5.74) is 0.0927. The Labute approximate surface area is 99.6 Å². The fourth-order valence-corrected chi connectivity index (χ4v) is 1.48. The number of aromatic nitrogens is 1. The second kappa shape index (κ2) is 5.75. The molecule has 0 unspecified atom stereocenters. The minimum atomic E-state index is -1.05. The van der Waals surface area contributed by atoms with Gasteiger partial charge in [-0.3, -0.25) is 4.79 Å². The largest absolute Gasteiger partial charge is 0.477 e. The van der Waals surface area contributed by atoms with Gasteiger partial charge in [0.15, 0.2) is 0 Å². The van der Waals surface area contributed by atoms with Gasteiger partial charge in [0.2, 0.25) is 5.91 Å². The molecule has 0 aromatic carbocycles. The number of hydrogen-bond acceptors (Lipinski definition) is 2. The Bertz CT molecular complexity index is 457. The lowest BCUT2D eigenvalue weighted by Crippen LogP contribution is -2.34. The number of carbonyl (C=O) groups is 2. The maximum absolute atomic E-state index is 11.8. The maximum atomic E-state index is 11.8. The van der Waals surface area contributed by atoms with Crippen LogP contribution in [0.5, 0.6) is 0 Å². The molecule has 0 fully saturated rings. The molecule has 5 nitrogen and oxygen atoms in total. The lowest BCUT2D eigenvalue weighted by atomic mass is 10.4. The van der Waals surface area contributed by atoms with E-state index in [0.717, 1.165) is 0 Å². The first-order valence-corrected chi connectivity index (χ1v) is 5.19. The number of carbonyl (C=O) groups excluding carboxylic acids is 1. The van der Waals surface area contributed by atoms with Crippen molar-refractivity contribution in [1.82, 2.24) is 9.47 Å². The SMILES string of the molecule is C#CCN(CC)C(=O)Cn1cccc1C(=O)O. The van der Waals surface area contributed by atoms with Crippen LogP contribution in [0.3, 0.4) is 0 Å². The molecule has 17 heavy (non-hydrogen) atoms. The highest BCUT2D eigenvalue weighted by molar-refractivity contribution is 5.86. The third kappa shape index (κ3) is 3.11. The van der Waals surface area contributed by atoms with Gasteiger partial charge in [0, 0.05) is 12.7 Å². The Hall–Kier alpha value is -2.22. The molecule has 5 heteroatoms. The minimum absolute atomic E-state index is 0.00977. The molecule has 0 spiro atoms. The zero-order chi connectivity index (χ0) is 12.8.